The number of para-hydroxylation sites is 1. The maximum Gasteiger partial charge on any atom is 0.142 e. The Balaban J connectivity index is 2.33. The lowest BCUT2D eigenvalue weighted by atomic mass is 10.2. The molecule has 3 aromatic rings. The summed E-state index contributed by atoms with van der Waals surface area (Å²) in [6.45, 7) is 0. The summed E-state index contributed by atoms with van der Waals surface area (Å²) in [5.41, 5.74) is 2.84. The molecule has 0 radical (unpaired) electrons. The van der Waals surface area contributed by atoms with Gasteiger partial charge in [0.25, 0.3) is 0 Å². The van der Waals surface area contributed by atoms with Gasteiger partial charge in [0, 0.05) is 17.1 Å². The molecule has 5 heteroatoms. The Hall–Kier alpha value is -2.19. The summed E-state index contributed by atoms with van der Waals surface area (Å²) in [5.74, 6) is 0.381. The highest BCUT2D eigenvalue weighted by Gasteiger charge is 2.14. The highest BCUT2D eigenvalue weighted by atomic mass is 79.9. The highest BCUT2D eigenvalue weighted by Crippen LogP contribution is 2.31. The Morgan fingerprint density at radius 2 is 2.10 bits per heavy atom. The van der Waals surface area contributed by atoms with Gasteiger partial charge in [-0.05, 0) is 46.3 Å². The van der Waals surface area contributed by atoms with Crippen LogP contribution in [0.1, 0.15) is 5.56 Å². The molecular formula is C15H9BrFN3. The van der Waals surface area contributed by atoms with Crippen LogP contribution >= 0.6 is 15.9 Å². The molecule has 0 aliphatic heterocycles. The molecule has 0 amide bonds. The van der Waals surface area contributed by atoms with Crippen LogP contribution in [0.5, 0.6) is 0 Å². The molecule has 1 aromatic heterocycles. The maximum atomic E-state index is 13.2. The van der Waals surface area contributed by atoms with Crippen molar-refractivity contribution in [2.75, 3.05) is 0 Å². The van der Waals surface area contributed by atoms with Gasteiger partial charge in [-0.2, -0.15) is 5.26 Å². The smallest absolute Gasteiger partial charge is 0.142 e. The molecule has 0 saturated carbocycles. The van der Waals surface area contributed by atoms with Crippen molar-refractivity contribution < 1.29 is 4.39 Å². The number of rotatable bonds is 1. The lowest BCUT2D eigenvalue weighted by Crippen LogP contribution is -1.93. The van der Waals surface area contributed by atoms with Gasteiger partial charge in [-0.3, -0.25) is 0 Å². The van der Waals surface area contributed by atoms with Crippen molar-refractivity contribution in [2.24, 2.45) is 7.05 Å². The molecule has 2 aromatic carbocycles. The van der Waals surface area contributed by atoms with Gasteiger partial charge in [0.15, 0.2) is 0 Å². The van der Waals surface area contributed by atoms with Gasteiger partial charge >= 0.3 is 0 Å². The molecule has 0 atom stereocenters. The Labute approximate surface area is 123 Å². The summed E-state index contributed by atoms with van der Waals surface area (Å²) in [5, 5.41) is 9.14. The normalized spacial score (nSPS) is 10.7. The van der Waals surface area contributed by atoms with E-state index >= 15 is 0 Å². The number of aromatic nitrogens is 2. The predicted molar refractivity (Wildman–Crippen MR) is 78.5 cm³/mol. The molecule has 0 saturated heterocycles. The predicted octanol–water partition coefficient (Wildman–Crippen LogP) is 4.01. The second-order valence-corrected chi connectivity index (χ2v) is 5.26. The number of nitriles is 1. The van der Waals surface area contributed by atoms with Crippen LogP contribution in [0.2, 0.25) is 0 Å². The first-order chi connectivity index (χ1) is 9.61. The molecule has 3 rings (SSSR count). The number of nitrogens with zero attached hydrogens (tertiary/aromatic N) is 3. The van der Waals surface area contributed by atoms with Crippen LogP contribution in [0.15, 0.2) is 40.9 Å². The number of halogens is 2. The number of benzene rings is 2. The summed E-state index contributed by atoms with van der Waals surface area (Å²) < 4.78 is 15.7. The van der Waals surface area contributed by atoms with E-state index in [2.05, 4.69) is 27.0 Å². The molecule has 0 unspecified atom stereocenters. The van der Waals surface area contributed by atoms with Crippen LogP contribution < -0.4 is 0 Å². The monoisotopic (exact) mass is 329 g/mol. The van der Waals surface area contributed by atoms with Gasteiger partial charge in [-0.15, -0.1) is 0 Å². The minimum atomic E-state index is -0.308. The van der Waals surface area contributed by atoms with Crippen molar-refractivity contribution >= 4 is 27.0 Å². The molecule has 0 N–H and O–H groups in total. The molecule has 0 bridgehead atoms. The van der Waals surface area contributed by atoms with Crippen LogP contribution in [0, 0.1) is 17.1 Å². The van der Waals surface area contributed by atoms with E-state index in [9.17, 15) is 4.39 Å². The third-order valence-electron chi connectivity index (χ3n) is 3.20. The first-order valence-corrected chi connectivity index (χ1v) is 6.72. The Bertz CT molecular complexity index is 861. The second-order valence-electron chi connectivity index (χ2n) is 4.40. The lowest BCUT2D eigenvalue weighted by Gasteiger charge is -2.05. The van der Waals surface area contributed by atoms with Crippen LogP contribution in [0.25, 0.3) is 22.4 Å². The van der Waals surface area contributed by atoms with E-state index < -0.39 is 0 Å². The summed E-state index contributed by atoms with van der Waals surface area (Å²) in [6, 6.07) is 12.1. The van der Waals surface area contributed by atoms with Gasteiger partial charge < -0.3 is 4.57 Å². The topological polar surface area (TPSA) is 41.6 Å². The van der Waals surface area contributed by atoms with E-state index in [1.165, 1.54) is 12.1 Å². The number of aryl methyl sites for hydroxylation is 1. The third kappa shape index (κ3) is 1.89. The first-order valence-electron chi connectivity index (χ1n) is 5.93. The molecule has 20 heavy (non-hydrogen) atoms. The van der Waals surface area contributed by atoms with E-state index in [1.54, 1.807) is 12.1 Å². The molecule has 1 heterocycles. The van der Waals surface area contributed by atoms with Crippen molar-refractivity contribution in [3.63, 3.8) is 0 Å². The zero-order chi connectivity index (χ0) is 14.3. The van der Waals surface area contributed by atoms with Gasteiger partial charge in [0.2, 0.25) is 0 Å². The SMILES string of the molecule is Cn1c(-c2ccc(F)cc2Br)nc2c(C#N)cccc21. The van der Waals surface area contributed by atoms with Crippen molar-refractivity contribution in [3.8, 4) is 17.5 Å². The number of hydrogen-bond donors (Lipinski definition) is 0. The molecule has 0 fully saturated rings. The van der Waals surface area contributed by atoms with Crippen LogP contribution in [-0.4, -0.2) is 9.55 Å². The largest absolute Gasteiger partial charge is 0.327 e. The molecule has 98 valence electrons. The Morgan fingerprint density at radius 1 is 1.30 bits per heavy atom. The lowest BCUT2D eigenvalue weighted by molar-refractivity contribution is 0.627. The zero-order valence-corrected chi connectivity index (χ0v) is 12.1. The third-order valence-corrected chi connectivity index (χ3v) is 3.86. The molecule has 3 nitrogen and oxygen atoms in total. The minimum absolute atomic E-state index is 0.308. The number of hydrogen-bond acceptors (Lipinski definition) is 2. The van der Waals surface area contributed by atoms with Crippen LogP contribution in [0.4, 0.5) is 4.39 Å². The van der Waals surface area contributed by atoms with E-state index in [4.69, 9.17) is 5.26 Å². The van der Waals surface area contributed by atoms with Crippen LogP contribution in [0.3, 0.4) is 0 Å². The molecule has 0 aliphatic rings. The minimum Gasteiger partial charge on any atom is -0.327 e. The van der Waals surface area contributed by atoms with Crippen molar-refractivity contribution in [1.82, 2.24) is 9.55 Å². The number of imidazole rings is 1. The maximum absolute atomic E-state index is 13.2. The van der Waals surface area contributed by atoms with Crippen LogP contribution in [-0.2, 0) is 7.05 Å². The number of fused-ring (bicyclic) bond motifs is 1. The fourth-order valence-corrected chi connectivity index (χ4v) is 2.74. The summed E-state index contributed by atoms with van der Waals surface area (Å²) in [6.07, 6.45) is 0. The summed E-state index contributed by atoms with van der Waals surface area (Å²) in [7, 11) is 1.88. The van der Waals surface area contributed by atoms with E-state index in [1.807, 2.05) is 23.7 Å². The van der Waals surface area contributed by atoms with Gasteiger partial charge in [-0.1, -0.05) is 6.07 Å². The quantitative estimate of drug-likeness (QED) is 0.676. The van der Waals surface area contributed by atoms with E-state index in [0.717, 1.165) is 11.1 Å². The van der Waals surface area contributed by atoms with Crippen molar-refractivity contribution in [3.05, 3.63) is 52.3 Å². The first kappa shape index (κ1) is 12.8. The summed E-state index contributed by atoms with van der Waals surface area (Å²) >= 11 is 3.35. The Morgan fingerprint density at radius 3 is 2.80 bits per heavy atom. The summed E-state index contributed by atoms with van der Waals surface area (Å²) in [4.78, 5) is 4.53. The second kappa shape index (κ2) is 4.73. The fourth-order valence-electron chi connectivity index (χ4n) is 2.22. The molecule has 0 spiro atoms. The molecular weight excluding hydrogens is 321 g/mol. The average Bonchev–Trinajstić information content (AvgIpc) is 2.76. The van der Waals surface area contributed by atoms with Gasteiger partial charge in [0.05, 0.1) is 11.1 Å². The highest BCUT2D eigenvalue weighted by molar-refractivity contribution is 9.10. The van der Waals surface area contributed by atoms with Crippen molar-refractivity contribution in [2.45, 2.75) is 0 Å². The van der Waals surface area contributed by atoms with E-state index in [0.29, 0.717) is 21.4 Å². The standard InChI is InChI=1S/C15H9BrFN3/c1-20-13-4-2-3-9(8-18)14(13)19-15(20)11-6-5-10(17)7-12(11)16/h2-7H,1H3. The van der Waals surface area contributed by atoms with Crippen molar-refractivity contribution in [1.29, 1.82) is 5.26 Å². The fraction of sp³-hybridized carbons (Fsp3) is 0.0667. The zero-order valence-electron chi connectivity index (χ0n) is 10.6. The van der Waals surface area contributed by atoms with Gasteiger partial charge in [-0.25, -0.2) is 9.37 Å². The average molecular weight is 330 g/mol. The van der Waals surface area contributed by atoms with Gasteiger partial charge in [0.1, 0.15) is 23.2 Å². The Kier molecular flexibility index (Phi) is 3.03. The van der Waals surface area contributed by atoms with E-state index in [-0.39, 0.29) is 5.82 Å². The molecule has 0 aliphatic carbocycles.